The lowest BCUT2D eigenvalue weighted by molar-refractivity contribution is 1.50. The first-order valence-electron chi connectivity index (χ1n) is 2.41. The molecule has 0 N–H and O–H groups in total. The van der Waals surface area contributed by atoms with Crippen LogP contribution in [0.3, 0.4) is 0 Å². The van der Waals surface area contributed by atoms with Gasteiger partial charge in [0.25, 0.3) is 0 Å². The third kappa shape index (κ3) is 2.06. The van der Waals surface area contributed by atoms with E-state index in [4.69, 9.17) is 0 Å². The molecule has 1 aromatic carbocycles. The van der Waals surface area contributed by atoms with Crippen molar-refractivity contribution < 1.29 is 0 Å². The predicted molar refractivity (Wildman–Crippen MR) is 57.2 cm³/mol. The fourth-order valence-corrected chi connectivity index (χ4v) is 3.01. The molecule has 0 aliphatic rings. The van der Waals surface area contributed by atoms with Crippen LogP contribution in [0, 0.1) is 0 Å². The Bertz CT molecular complexity index is 233. The highest BCUT2D eigenvalue weighted by molar-refractivity contribution is 9.14. The zero-order valence-electron chi connectivity index (χ0n) is 4.67. The first-order chi connectivity index (χ1) is 4.61. The molecule has 54 valence electrons. The second-order valence-corrected chi connectivity index (χ2v) is 5.10. The Morgan fingerprint density at radius 2 is 1.20 bits per heavy atom. The average molecular weight is 394 g/mol. The van der Waals surface area contributed by atoms with Gasteiger partial charge >= 0.3 is 0 Å². The van der Waals surface area contributed by atoms with E-state index in [1.54, 1.807) is 0 Å². The molecule has 0 radical (unpaired) electrons. The number of rotatable bonds is 0. The summed E-state index contributed by atoms with van der Waals surface area (Å²) < 4.78 is 4.16. The van der Waals surface area contributed by atoms with Gasteiger partial charge in [-0.15, -0.1) is 0 Å². The van der Waals surface area contributed by atoms with E-state index in [1.807, 2.05) is 12.1 Å². The number of halogens is 4. The summed E-state index contributed by atoms with van der Waals surface area (Å²) in [7, 11) is 0. The van der Waals surface area contributed by atoms with Crippen molar-refractivity contribution in [2.75, 3.05) is 0 Å². The maximum atomic E-state index is 3.40. The molecule has 0 bridgehead atoms. The van der Waals surface area contributed by atoms with Crippen LogP contribution in [-0.4, -0.2) is 0 Å². The lowest BCUT2D eigenvalue weighted by Crippen LogP contribution is -1.72. The van der Waals surface area contributed by atoms with Crippen molar-refractivity contribution in [2.24, 2.45) is 0 Å². The van der Waals surface area contributed by atoms with Crippen LogP contribution in [0.25, 0.3) is 0 Å². The predicted octanol–water partition coefficient (Wildman–Crippen LogP) is 4.74. The highest BCUT2D eigenvalue weighted by Crippen LogP contribution is 2.33. The maximum Gasteiger partial charge on any atom is 0.0460 e. The maximum absolute atomic E-state index is 3.40. The van der Waals surface area contributed by atoms with Crippen LogP contribution in [0.5, 0.6) is 0 Å². The van der Waals surface area contributed by atoms with E-state index in [0.29, 0.717) is 0 Å². The molecule has 0 nitrogen and oxygen atoms in total. The van der Waals surface area contributed by atoms with Crippen LogP contribution in [0.1, 0.15) is 0 Å². The highest BCUT2D eigenvalue weighted by atomic mass is 79.9. The average Bonchev–Trinajstić information content (AvgIpc) is 1.82. The van der Waals surface area contributed by atoms with Gasteiger partial charge in [-0.1, -0.05) is 15.9 Å². The molecule has 0 aliphatic carbocycles. The molecule has 0 heterocycles. The minimum atomic E-state index is 1.04. The zero-order chi connectivity index (χ0) is 7.72. The normalized spacial score (nSPS) is 10.0. The molecule has 4 heteroatoms. The van der Waals surface area contributed by atoms with Crippen molar-refractivity contribution in [3.8, 4) is 0 Å². The van der Waals surface area contributed by atoms with Gasteiger partial charge in [-0.3, -0.25) is 0 Å². The van der Waals surface area contributed by atoms with Crippen LogP contribution in [-0.2, 0) is 0 Å². The molecular weight excluding hydrogens is 392 g/mol. The summed E-state index contributed by atoms with van der Waals surface area (Å²) >= 11 is 13.5. The van der Waals surface area contributed by atoms with E-state index in [-0.39, 0.29) is 0 Å². The molecule has 0 atom stereocenters. The molecule has 0 saturated carbocycles. The van der Waals surface area contributed by atoms with E-state index in [1.165, 1.54) is 0 Å². The van der Waals surface area contributed by atoms with Crippen LogP contribution < -0.4 is 0 Å². The monoisotopic (exact) mass is 390 g/mol. The largest absolute Gasteiger partial charge is 0.0508 e. The van der Waals surface area contributed by atoms with Gasteiger partial charge < -0.3 is 0 Å². The third-order valence-corrected chi connectivity index (χ3v) is 4.58. The van der Waals surface area contributed by atoms with Crippen LogP contribution in [0.15, 0.2) is 30.0 Å². The van der Waals surface area contributed by atoms with E-state index in [9.17, 15) is 0 Å². The van der Waals surface area contributed by atoms with Crippen LogP contribution in [0.2, 0.25) is 0 Å². The van der Waals surface area contributed by atoms with Gasteiger partial charge in [-0.05, 0) is 59.9 Å². The van der Waals surface area contributed by atoms with Gasteiger partial charge in [0.15, 0.2) is 0 Å². The standard InChI is InChI=1S/C6H2Br4/c7-3-1-4(8)6(10)5(9)2-3/h1-2H. The van der Waals surface area contributed by atoms with Crippen molar-refractivity contribution in [3.63, 3.8) is 0 Å². The summed E-state index contributed by atoms with van der Waals surface area (Å²) in [5, 5.41) is 0. The molecular formula is C6H2Br4. The summed E-state index contributed by atoms with van der Waals surface area (Å²) in [4.78, 5) is 0. The number of benzene rings is 1. The van der Waals surface area contributed by atoms with Crippen molar-refractivity contribution in [3.05, 3.63) is 30.0 Å². The summed E-state index contributed by atoms with van der Waals surface area (Å²) in [6.07, 6.45) is 0. The van der Waals surface area contributed by atoms with Gasteiger partial charge in [0.05, 0.1) is 0 Å². The fourth-order valence-electron chi connectivity index (χ4n) is 0.525. The Morgan fingerprint density at radius 3 is 1.60 bits per heavy atom. The van der Waals surface area contributed by atoms with Gasteiger partial charge in [-0.25, -0.2) is 0 Å². The first-order valence-corrected chi connectivity index (χ1v) is 5.58. The Kier molecular flexibility index (Phi) is 3.41. The lowest BCUT2D eigenvalue weighted by Gasteiger charge is -1.99. The Morgan fingerprint density at radius 1 is 0.800 bits per heavy atom. The smallest absolute Gasteiger partial charge is 0.0460 e. The summed E-state index contributed by atoms with van der Waals surface area (Å²) in [5.41, 5.74) is 0. The van der Waals surface area contributed by atoms with Gasteiger partial charge in [0.2, 0.25) is 0 Å². The van der Waals surface area contributed by atoms with Gasteiger partial charge in [-0.2, -0.15) is 0 Å². The van der Waals surface area contributed by atoms with Crippen molar-refractivity contribution in [2.45, 2.75) is 0 Å². The van der Waals surface area contributed by atoms with E-state index in [2.05, 4.69) is 63.7 Å². The van der Waals surface area contributed by atoms with Gasteiger partial charge in [0.1, 0.15) is 0 Å². The van der Waals surface area contributed by atoms with Crippen LogP contribution >= 0.6 is 63.7 Å². The molecule has 0 unspecified atom stereocenters. The fraction of sp³-hybridized carbons (Fsp3) is 0. The summed E-state index contributed by atoms with van der Waals surface area (Å²) in [5.74, 6) is 0. The molecule has 0 amide bonds. The Labute approximate surface area is 92.9 Å². The topological polar surface area (TPSA) is 0 Å². The van der Waals surface area contributed by atoms with Crippen molar-refractivity contribution in [1.29, 1.82) is 0 Å². The van der Waals surface area contributed by atoms with Crippen LogP contribution in [0.4, 0.5) is 0 Å². The van der Waals surface area contributed by atoms with E-state index >= 15 is 0 Å². The molecule has 0 spiro atoms. The number of hydrogen-bond acceptors (Lipinski definition) is 0. The Hall–Kier alpha value is 1.14. The van der Waals surface area contributed by atoms with Crippen molar-refractivity contribution >= 4 is 63.7 Å². The zero-order valence-corrected chi connectivity index (χ0v) is 11.0. The molecule has 0 aliphatic heterocycles. The summed E-state index contributed by atoms with van der Waals surface area (Å²) in [6, 6.07) is 3.96. The minimum absolute atomic E-state index is 1.04. The summed E-state index contributed by atoms with van der Waals surface area (Å²) in [6.45, 7) is 0. The Balaban J connectivity index is 3.31. The first kappa shape index (κ1) is 9.23. The second kappa shape index (κ2) is 3.70. The quantitative estimate of drug-likeness (QED) is 0.441. The third-order valence-electron chi connectivity index (χ3n) is 0.949. The molecule has 0 saturated heterocycles. The van der Waals surface area contributed by atoms with E-state index in [0.717, 1.165) is 17.9 Å². The van der Waals surface area contributed by atoms with E-state index < -0.39 is 0 Å². The lowest BCUT2D eigenvalue weighted by atomic mass is 10.4. The molecule has 0 aromatic heterocycles. The second-order valence-electron chi connectivity index (χ2n) is 1.68. The molecule has 1 aromatic rings. The molecule has 10 heavy (non-hydrogen) atoms. The molecule has 0 fully saturated rings. The van der Waals surface area contributed by atoms with Gasteiger partial charge in [0, 0.05) is 17.9 Å². The minimum Gasteiger partial charge on any atom is -0.0508 e. The van der Waals surface area contributed by atoms with Crippen molar-refractivity contribution in [1.82, 2.24) is 0 Å². The SMILES string of the molecule is Brc1cc(Br)c(Br)c(Br)c1. The molecule has 1 rings (SSSR count). The number of hydrogen-bond donors (Lipinski definition) is 0. The highest BCUT2D eigenvalue weighted by Gasteiger charge is 2.01.